The van der Waals surface area contributed by atoms with Crippen molar-refractivity contribution in [2.24, 2.45) is 5.73 Å². The molecule has 0 saturated heterocycles. The van der Waals surface area contributed by atoms with Gasteiger partial charge in [0.05, 0.1) is 31.1 Å². The van der Waals surface area contributed by atoms with Crippen LogP contribution in [0.15, 0.2) is 66.9 Å². The molecule has 2 N–H and O–H groups in total. The standard InChI is InChI=1S/C29H25F4N3O4/c1-38-19-12-23(30)26(24(31)13-19)36-14-25(17-9-20(10-17)39-15-16-5-3-2-4-6-16)35-28(36)22-11-18(40-29(32)33)7-8-21(22)27(34)37/h2-8,11-14,17,20,29H,9-10,15H2,1H3,(H2,34,37). The Morgan fingerprint density at radius 2 is 1.75 bits per heavy atom. The molecule has 1 aliphatic rings. The van der Waals surface area contributed by atoms with Crippen molar-refractivity contribution in [3.05, 3.63) is 95.3 Å². The van der Waals surface area contributed by atoms with Gasteiger partial charge in [0.1, 0.15) is 23.0 Å². The van der Waals surface area contributed by atoms with Crippen molar-refractivity contribution >= 4 is 5.91 Å². The number of imidazole rings is 1. The van der Waals surface area contributed by atoms with Gasteiger partial charge in [-0.25, -0.2) is 13.8 Å². The predicted molar refractivity (Wildman–Crippen MR) is 138 cm³/mol. The third kappa shape index (κ3) is 5.64. The Balaban J connectivity index is 1.53. The molecule has 1 aromatic heterocycles. The lowest BCUT2D eigenvalue weighted by Crippen LogP contribution is -2.29. The molecule has 0 spiro atoms. The van der Waals surface area contributed by atoms with Crippen LogP contribution in [0.5, 0.6) is 11.5 Å². The molecule has 1 fully saturated rings. The van der Waals surface area contributed by atoms with Gasteiger partial charge in [-0.15, -0.1) is 0 Å². The smallest absolute Gasteiger partial charge is 0.387 e. The summed E-state index contributed by atoms with van der Waals surface area (Å²) in [6.45, 7) is -2.69. The summed E-state index contributed by atoms with van der Waals surface area (Å²) in [7, 11) is 1.27. The molecular formula is C29H25F4N3O4. The SMILES string of the molecule is COc1cc(F)c(-n2cc(C3CC(OCc4ccccc4)C3)nc2-c2cc(OC(F)F)ccc2C(N)=O)c(F)c1. The van der Waals surface area contributed by atoms with Gasteiger partial charge in [-0.05, 0) is 36.6 Å². The molecule has 4 aromatic rings. The van der Waals surface area contributed by atoms with Gasteiger partial charge in [0.15, 0.2) is 11.6 Å². The minimum Gasteiger partial charge on any atom is -0.497 e. The molecule has 208 valence electrons. The Morgan fingerprint density at radius 1 is 1.05 bits per heavy atom. The van der Waals surface area contributed by atoms with Crippen molar-refractivity contribution < 1.29 is 36.6 Å². The van der Waals surface area contributed by atoms with Crippen molar-refractivity contribution in [1.82, 2.24) is 9.55 Å². The molecule has 1 amide bonds. The Kier molecular flexibility index (Phi) is 7.74. The number of amides is 1. The van der Waals surface area contributed by atoms with E-state index in [4.69, 9.17) is 15.2 Å². The van der Waals surface area contributed by atoms with Crippen LogP contribution in [-0.4, -0.2) is 35.3 Å². The zero-order chi connectivity index (χ0) is 28.4. The lowest BCUT2D eigenvalue weighted by molar-refractivity contribution is -0.0498. The molecular weight excluding hydrogens is 530 g/mol. The molecule has 0 bridgehead atoms. The number of alkyl halides is 2. The fourth-order valence-corrected chi connectivity index (χ4v) is 4.68. The molecule has 5 rings (SSSR count). The summed E-state index contributed by atoms with van der Waals surface area (Å²) >= 11 is 0. The van der Waals surface area contributed by atoms with Gasteiger partial charge in [-0.2, -0.15) is 8.78 Å². The average molecular weight is 556 g/mol. The number of nitrogens with two attached hydrogens (primary N) is 1. The molecule has 11 heteroatoms. The molecule has 0 unspecified atom stereocenters. The normalized spacial score (nSPS) is 16.6. The fraction of sp³-hybridized carbons (Fsp3) is 0.241. The van der Waals surface area contributed by atoms with E-state index in [1.54, 1.807) is 0 Å². The predicted octanol–water partition coefficient (Wildman–Crippen LogP) is 5.99. The molecule has 0 radical (unpaired) electrons. The van der Waals surface area contributed by atoms with Gasteiger partial charge in [0.2, 0.25) is 5.91 Å². The number of nitrogens with zero attached hydrogens (tertiary/aromatic N) is 2. The first-order valence-electron chi connectivity index (χ1n) is 12.4. The summed E-state index contributed by atoms with van der Waals surface area (Å²) in [5.74, 6) is -3.30. The molecule has 1 saturated carbocycles. The highest BCUT2D eigenvalue weighted by Crippen LogP contribution is 2.41. The van der Waals surface area contributed by atoms with E-state index in [9.17, 15) is 13.6 Å². The van der Waals surface area contributed by atoms with E-state index in [1.165, 1.54) is 19.4 Å². The number of hydrogen-bond donors (Lipinski definition) is 1. The molecule has 0 atom stereocenters. The van der Waals surface area contributed by atoms with Gasteiger partial charge in [0.25, 0.3) is 0 Å². The zero-order valence-electron chi connectivity index (χ0n) is 21.3. The van der Waals surface area contributed by atoms with Crippen molar-refractivity contribution in [1.29, 1.82) is 0 Å². The van der Waals surface area contributed by atoms with Crippen LogP contribution in [0.3, 0.4) is 0 Å². The molecule has 3 aromatic carbocycles. The maximum absolute atomic E-state index is 15.2. The summed E-state index contributed by atoms with van der Waals surface area (Å²) in [6, 6.07) is 15.2. The number of primary amides is 1. The van der Waals surface area contributed by atoms with E-state index in [0.717, 1.165) is 34.4 Å². The summed E-state index contributed by atoms with van der Waals surface area (Å²) in [5, 5.41) is 0. The van der Waals surface area contributed by atoms with Crippen LogP contribution in [0.2, 0.25) is 0 Å². The minimum atomic E-state index is -3.14. The Labute approximate surface area is 227 Å². The Hall–Kier alpha value is -4.38. The van der Waals surface area contributed by atoms with E-state index >= 15 is 8.78 Å². The first-order valence-corrected chi connectivity index (χ1v) is 12.4. The number of hydrogen-bond acceptors (Lipinski definition) is 5. The maximum Gasteiger partial charge on any atom is 0.387 e. The number of rotatable bonds is 10. The van der Waals surface area contributed by atoms with Crippen molar-refractivity contribution in [3.8, 4) is 28.6 Å². The number of benzene rings is 3. The fourth-order valence-electron chi connectivity index (χ4n) is 4.68. The number of methoxy groups -OCH3 is 1. The van der Waals surface area contributed by atoms with Crippen LogP contribution in [0.25, 0.3) is 17.1 Å². The van der Waals surface area contributed by atoms with Crippen molar-refractivity contribution in [2.75, 3.05) is 7.11 Å². The highest BCUT2D eigenvalue weighted by Gasteiger charge is 2.34. The van der Waals surface area contributed by atoms with Crippen LogP contribution in [0.4, 0.5) is 17.6 Å². The number of aromatic nitrogens is 2. The van der Waals surface area contributed by atoms with Gasteiger partial charge < -0.3 is 19.9 Å². The molecule has 40 heavy (non-hydrogen) atoms. The van der Waals surface area contributed by atoms with E-state index in [0.29, 0.717) is 25.1 Å². The summed E-state index contributed by atoms with van der Waals surface area (Å²) < 4.78 is 72.9. The Morgan fingerprint density at radius 3 is 2.38 bits per heavy atom. The van der Waals surface area contributed by atoms with Gasteiger partial charge in [-0.1, -0.05) is 30.3 Å². The average Bonchev–Trinajstić information content (AvgIpc) is 3.31. The van der Waals surface area contributed by atoms with Crippen LogP contribution < -0.4 is 15.2 Å². The number of carbonyl (C=O) groups excluding carboxylic acids is 1. The second-order valence-electron chi connectivity index (χ2n) is 9.34. The highest BCUT2D eigenvalue weighted by atomic mass is 19.3. The first kappa shape index (κ1) is 27.2. The third-order valence-electron chi connectivity index (χ3n) is 6.76. The van der Waals surface area contributed by atoms with E-state index in [1.807, 2.05) is 30.3 Å². The van der Waals surface area contributed by atoms with Crippen LogP contribution >= 0.6 is 0 Å². The van der Waals surface area contributed by atoms with Gasteiger partial charge in [-0.3, -0.25) is 9.36 Å². The van der Waals surface area contributed by atoms with Crippen LogP contribution in [-0.2, 0) is 11.3 Å². The summed E-state index contributed by atoms with van der Waals surface area (Å²) in [4.78, 5) is 16.9. The molecule has 0 aliphatic heterocycles. The van der Waals surface area contributed by atoms with Gasteiger partial charge >= 0.3 is 6.61 Å². The van der Waals surface area contributed by atoms with E-state index in [2.05, 4.69) is 9.72 Å². The highest BCUT2D eigenvalue weighted by molar-refractivity contribution is 5.99. The number of halogens is 4. The quantitative estimate of drug-likeness (QED) is 0.243. The second kappa shape index (κ2) is 11.4. The lowest BCUT2D eigenvalue weighted by Gasteiger charge is -2.34. The summed E-state index contributed by atoms with van der Waals surface area (Å²) in [6.07, 6.45) is 2.63. The molecule has 7 nitrogen and oxygen atoms in total. The topological polar surface area (TPSA) is 88.6 Å². The van der Waals surface area contributed by atoms with Crippen LogP contribution in [0.1, 0.15) is 40.4 Å². The largest absolute Gasteiger partial charge is 0.497 e. The first-order chi connectivity index (χ1) is 19.2. The van der Waals surface area contributed by atoms with Crippen molar-refractivity contribution in [3.63, 3.8) is 0 Å². The molecule has 1 aliphatic carbocycles. The maximum atomic E-state index is 15.2. The molecule has 1 heterocycles. The minimum absolute atomic E-state index is 0.0253. The monoisotopic (exact) mass is 555 g/mol. The number of ether oxygens (including phenoxy) is 3. The summed E-state index contributed by atoms with van der Waals surface area (Å²) in [5.41, 5.74) is 6.47. The van der Waals surface area contributed by atoms with E-state index in [-0.39, 0.29) is 40.5 Å². The van der Waals surface area contributed by atoms with Gasteiger partial charge in [0, 0.05) is 29.8 Å². The van der Waals surface area contributed by atoms with Crippen LogP contribution in [0, 0.1) is 11.6 Å². The Bertz CT molecular complexity index is 1500. The lowest BCUT2D eigenvalue weighted by atomic mass is 9.80. The van der Waals surface area contributed by atoms with Crippen molar-refractivity contribution in [2.45, 2.75) is 38.1 Å². The second-order valence-corrected chi connectivity index (χ2v) is 9.34. The number of carbonyl (C=O) groups is 1. The zero-order valence-corrected chi connectivity index (χ0v) is 21.3. The third-order valence-corrected chi connectivity index (χ3v) is 6.76. The van der Waals surface area contributed by atoms with E-state index < -0.39 is 29.8 Å².